The number of aryl methyl sites for hydroxylation is 1. The normalized spacial score (nSPS) is 10.9. The molecule has 0 amide bonds. The number of thioether (sulfide) groups is 1. The fraction of sp³-hybridized carbons (Fsp3) is 0.188. The monoisotopic (exact) mass is 329 g/mol. The lowest BCUT2D eigenvalue weighted by Crippen LogP contribution is -1.95. The van der Waals surface area contributed by atoms with Crippen LogP contribution in [0.4, 0.5) is 0 Å². The summed E-state index contributed by atoms with van der Waals surface area (Å²) >= 11 is 1.45. The first-order chi connectivity index (χ1) is 11.1. The quantitative estimate of drug-likeness (QED) is 0.723. The van der Waals surface area contributed by atoms with Gasteiger partial charge >= 0.3 is 5.97 Å². The molecule has 0 saturated carbocycles. The second-order valence-corrected chi connectivity index (χ2v) is 5.99. The van der Waals surface area contributed by atoms with E-state index in [1.54, 1.807) is 13.0 Å². The lowest BCUT2D eigenvalue weighted by molar-refractivity contribution is 0.0659. The Morgan fingerprint density at radius 1 is 1.30 bits per heavy atom. The lowest BCUT2D eigenvalue weighted by atomic mass is 10.2. The molecule has 7 heteroatoms. The van der Waals surface area contributed by atoms with Crippen LogP contribution in [0.25, 0.3) is 11.4 Å². The predicted octanol–water partition coefficient (Wildman–Crippen LogP) is 3.37. The van der Waals surface area contributed by atoms with E-state index in [0.717, 1.165) is 16.5 Å². The van der Waals surface area contributed by atoms with Gasteiger partial charge in [-0.1, -0.05) is 42.1 Å². The zero-order chi connectivity index (χ0) is 16.4. The summed E-state index contributed by atoms with van der Waals surface area (Å²) in [5.41, 5.74) is 1.62. The third-order valence-corrected chi connectivity index (χ3v) is 4.42. The van der Waals surface area contributed by atoms with Crippen LogP contribution in [0.3, 0.4) is 0 Å². The SMILES string of the molecule is Cc1cc(CSc2nnc(-c3ccccc3)n2C)oc1C(=O)O. The molecule has 0 aliphatic carbocycles. The molecule has 1 N–H and O–H groups in total. The highest BCUT2D eigenvalue weighted by atomic mass is 32.2. The van der Waals surface area contributed by atoms with Crippen LogP contribution in [0.15, 0.2) is 46.0 Å². The molecule has 3 aromatic rings. The number of hydrogen-bond donors (Lipinski definition) is 1. The number of carboxylic acids is 1. The van der Waals surface area contributed by atoms with Gasteiger partial charge in [-0.25, -0.2) is 4.79 Å². The van der Waals surface area contributed by atoms with Crippen molar-refractivity contribution in [3.8, 4) is 11.4 Å². The summed E-state index contributed by atoms with van der Waals surface area (Å²) in [5.74, 6) is 0.825. The fourth-order valence-corrected chi connectivity index (χ4v) is 3.04. The van der Waals surface area contributed by atoms with Gasteiger partial charge in [-0.05, 0) is 13.0 Å². The van der Waals surface area contributed by atoms with Gasteiger partial charge in [0.05, 0.1) is 5.75 Å². The maximum Gasteiger partial charge on any atom is 0.372 e. The molecular formula is C16H15N3O3S. The third-order valence-electron chi connectivity index (χ3n) is 3.37. The van der Waals surface area contributed by atoms with Crippen LogP contribution in [0.2, 0.25) is 0 Å². The highest BCUT2D eigenvalue weighted by Gasteiger charge is 2.16. The summed E-state index contributed by atoms with van der Waals surface area (Å²) in [6, 6.07) is 11.6. The van der Waals surface area contributed by atoms with Crippen molar-refractivity contribution in [2.45, 2.75) is 17.8 Å². The average molecular weight is 329 g/mol. The molecule has 6 nitrogen and oxygen atoms in total. The molecule has 118 valence electrons. The van der Waals surface area contributed by atoms with Crippen molar-refractivity contribution in [1.29, 1.82) is 0 Å². The van der Waals surface area contributed by atoms with Gasteiger partial charge in [0.25, 0.3) is 0 Å². The third kappa shape index (κ3) is 3.14. The van der Waals surface area contributed by atoms with E-state index in [1.165, 1.54) is 11.8 Å². The number of furan rings is 1. The molecule has 0 saturated heterocycles. The number of aromatic nitrogens is 3. The van der Waals surface area contributed by atoms with E-state index in [-0.39, 0.29) is 5.76 Å². The van der Waals surface area contributed by atoms with Crippen LogP contribution < -0.4 is 0 Å². The van der Waals surface area contributed by atoms with Gasteiger partial charge in [0.15, 0.2) is 11.0 Å². The molecule has 0 unspecified atom stereocenters. The minimum Gasteiger partial charge on any atom is -0.475 e. The van der Waals surface area contributed by atoms with Gasteiger partial charge in [-0.15, -0.1) is 10.2 Å². The van der Waals surface area contributed by atoms with E-state index in [4.69, 9.17) is 9.52 Å². The lowest BCUT2D eigenvalue weighted by Gasteiger charge is -2.02. The number of aromatic carboxylic acids is 1. The first-order valence-corrected chi connectivity index (χ1v) is 7.95. The number of hydrogen-bond acceptors (Lipinski definition) is 5. The molecule has 0 bridgehead atoms. The Kier molecular flexibility index (Phi) is 4.20. The van der Waals surface area contributed by atoms with Crippen LogP contribution in [-0.4, -0.2) is 25.8 Å². The minimum absolute atomic E-state index is 0.0106. The van der Waals surface area contributed by atoms with Gasteiger partial charge in [0.1, 0.15) is 5.76 Å². The molecule has 3 rings (SSSR count). The zero-order valence-corrected chi connectivity index (χ0v) is 13.5. The van der Waals surface area contributed by atoms with E-state index in [0.29, 0.717) is 17.1 Å². The second-order valence-electron chi connectivity index (χ2n) is 5.05. The Balaban J connectivity index is 1.76. The fourth-order valence-electron chi connectivity index (χ4n) is 2.25. The molecule has 0 radical (unpaired) electrons. The summed E-state index contributed by atoms with van der Waals surface area (Å²) in [5, 5.41) is 18.2. The Morgan fingerprint density at radius 2 is 2.04 bits per heavy atom. The summed E-state index contributed by atoms with van der Waals surface area (Å²) in [7, 11) is 1.90. The summed E-state index contributed by atoms with van der Waals surface area (Å²) in [6.07, 6.45) is 0. The Labute approximate surface area is 137 Å². The highest BCUT2D eigenvalue weighted by Crippen LogP contribution is 2.26. The van der Waals surface area contributed by atoms with E-state index in [9.17, 15) is 4.79 Å². The van der Waals surface area contributed by atoms with Gasteiger partial charge in [-0.2, -0.15) is 0 Å². The summed E-state index contributed by atoms with van der Waals surface area (Å²) in [4.78, 5) is 11.0. The molecule has 23 heavy (non-hydrogen) atoms. The number of rotatable bonds is 5. The van der Waals surface area contributed by atoms with Crippen molar-refractivity contribution >= 4 is 17.7 Å². The van der Waals surface area contributed by atoms with Crippen molar-refractivity contribution in [3.05, 3.63) is 53.5 Å². The van der Waals surface area contributed by atoms with Crippen LogP contribution in [-0.2, 0) is 12.8 Å². The number of carbonyl (C=O) groups is 1. The molecular weight excluding hydrogens is 314 g/mol. The van der Waals surface area contributed by atoms with Crippen molar-refractivity contribution in [2.24, 2.45) is 7.05 Å². The molecule has 1 aromatic carbocycles. The van der Waals surface area contributed by atoms with E-state index < -0.39 is 5.97 Å². The summed E-state index contributed by atoms with van der Waals surface area (Å²) < 4.78 is 7.26. The van der Waals surface area contributed by atoms with E-state index >= 15 is 0 Å². The highest BCUT2D eigenvalue weighted by molar-refractivity contribution is 7.98. The first-order valence-electron chi connectivity index (χ1n) is 6.96. The maximum absolute atomic E-state index is 11.0. The first kappa shape index (κ1) is 15.4. The topological polar surface area (TPSA) is 81.2 Å². The largest absolute Gasteiger partial charge is 0.475 e. The van der Waals surface area contributed by atoms with Crippen LogP contribution in [0, 0.1) is 6.92 Å². The van der Waals surface area contributed by atoms with Crippen molar-refractivity contribution in [2.75, 3.05) is 0 Å². The second kappa shape index (κ2) is 6.29. The Bertz CT molecular complexity index is 840. The van der Waals surface area contributed by atoms with Gasteiger partial charge in [-0.3, -0.25) is 0 Å². The molecule has 0 atom stereocenters. The Morgan fingerprint density at radius 3 is 2.70 bits per heavy atom. The molecule has 2 heterocycles. The van der Waals surface area contributed by atoms with Crippen molar-refractivity contribution in [1.82, 2.24) is 14.8 Å². The van der Waals surface area contributed by atoms with E-state index in [1.807, 2.05) is 41.9 Å². The molecule has 0 aliphatic heterocycles. The van der Waals surface area contributed by atoms with Gasteiger partial charge < -0.3 is 14.1 Å². The number of benzene rings is 1. The smallest absolute Gasteiger partial charge is 0.372 e. The van der Waals surface area contributed by atoms with Crippen molar-refractivity contribution in [3.63, 3.8) is 0 Å². The number of nitrogens with zero attached hydrogens (tertiary/aromatic N) is 3. The molecule has 0 aliphatic rings. The minimum atomic E-state index is -1.05. The predicted molar refractivity (Wildman–Crippen MR) is 86.4 cm³/mol. The Hall–Kier alpha value is -2.54. The van der Waals surface area contributed by atoms with Crippen molar-refractivity contribution < 1.29 is 14.3 Å². The average Bonchev–Trinajstić information content (AvgIpc) is 3.09. The molecule has 0 fully saturated rings. The molecule has 0 spiro atoms. The number of carboxylic acid groups (broad SMARTS) is 1. The van der Waals surface area contributed by atoms with E-state index in [2.05, 4.69) is 10.2 Å². The summed E-state index contributed by atoms with van der Waals surface area (Å²) in [6.45, 7) is 1.72. The van der Waals surface area contributed by atoms with Gasteiger partial charge in [0, 0.05) is 18.2 Å². The van der Waals surface area contributed by atoms with Gasteiger partial charge in [0.2, 0.25) is 5.76 Å². The zero-order valence-electron chi connectivity index (χ0n) is 12.7. The standard InChI is InChI=1S/C16H15N3O3S/c1-10-8-12(22-13(10)15(20)21)9-23-16-18-17-14(19(16)2)11-6-4-3-5-7-11/h3-8H,9H2,1-2H3,(H,20,21). The van der Waals surface area contributed by atoms with Crippen LogP contribution in [0.5, 0.6) is 0 Å². The van der Waals surface area contributed by atoms with Crippen LogP contribution in [0.1, 0.15) is 21.9 Å². The molecule has 2 aromatic heterocycles. The maximum atomic E-state index is 11.0. The van der Waals surface area contributed by atoms with Crippen LogP contribution >= 0.6 is 11.8 Å².